The molecule has 4 nitrogen and oxygen atoms in total. The number of nitrogens with zero attached hydrogens (tertiary/aromatic N) is 2. The molecule has 1 aromatic heterocycles. The van der Waals surface area contributed by atoms with Gasteiger partial charge in [-0.3, -0.25) is 0 Å². The Balaban J connectivity index is 1.88. The number of hydrogen-bond acceptors (Lipinski definition) is 4. The van der Waals surface area contributed by atoms with Crippen molar-refractivity contribution in [3.63, 3.8) is 0 Å². The first-order valence-corrected chi connectivity index (χ1v) is 7.45. The molecule has 0 aliphatic rings. The predicted molar refractivity (Wildman–Crippen MR) is 91.0 cm³/mol. The normalized spacial score (nSPS) is 10.1. The van der Waals surface area contributed by atoms with Crippen molar-refractivity contribution in [1.29, 1.82) is 0 Å². The lowest BCUT2D eigenvalue weighted by Crippen LogP contribution is -1.98. The standard InChI is InChI=1S/C16H12IN3O/c17-13-10-18-11-19-16(13)20-14-8-4-5-9-15(14)21-12-6-2-1-3-7-12/h1-11H,(H,18,19,20). The van der Waals surface area contributed by atoms with Gasteiger partial charge in [0.25, 0.3) is 0 Å². The van der Waals surface area contributed by atoms with Crippen molar-refractivity contribution < 1.29 is 4.74 Å². The van der Waals surface area contributed by atoms with Crippen LogP contribution in [0.15, 0.2) is 67.1 Å². The molecule has 0 radical (unpaired) electrons. The summed E-state index contributed by atoms with van der Waals surface area (Å²) in [6, 6.07) is 17.5. The second-order valence-electron chi connectivity index (χ2n) is 4.26. The minimum Gasteiger partial charge on any atom is -0.455 e. The largest absolute Gasteiger partial charge is 0.455 e. The minimum atomic E-state index is 0.748. The van der Waals surface area contributed by atoms with Gasteiger partial charge < -0.3 is 10.1 Å². The van der Waals surface area contributed by atoms with Gasteiger partial charge in [-0.15, -0.1) is 0 Å². The van der Waals surface area contributed by atoms with E-state index in [9.17, 15) is 0 Å². The van der Waals surface area contributed by atoms with E-state index in [1.165, 1.54) is 6.33 Å². The molecule has 0 fully saturated rings. The molecule has 3 rings (SSSR count). The summed E-state index contributed by atoms with van der Waals surface area (Å²) in [5, 5.41) is 3.28. The van der Waals surface area contributed by atoms with Gasteiger partial charge in [-0.2, -0.15) is 0 Å². The van der Waals surface area contributed by atoms with Gasteiger partial charge in [-0.05, 0) is 46.9 Å². The van der Waals surface area contributed by atoms with E-state index in [2.05, 4.69) is 37.9 Å². The summed E-state index contributed by atoms with van der Waals surface area (Å²) in [5.74, 6) is 2.30. The van der Waals surface area contributed by atoms with Crippen molar-refractivity contribution in [3.8, 4) is 11.5 Å². The molecule has 5 heteroatoms. The predicted octanol–water partition coefficient (Wildman–Crippen LogP) is 4.62. The second kappa shape index (κ2) is 6.53. The monoisotopic (exact) mass is 389 g/mol. The number of anilines is 2. The molecule has 104 valence electrons. The molecule has 1 heterocycles. The third-order valence-corrected chi connectivity index (χ3v) is 3.57. The van der Waals surface area contributed by atoms with Gasteiger partial charge >= 0.3 is 0 Å². The fraction of sp³-hybridized carbons (Fsp3) is 0. The quantitative estimate of drug-likeness (QED) is 0.662. The second-order valence-corrected chi connectivity index (χ2v) is 5.42. The SMILES string of the molecule is Ic1cncnc1Nc1ccccc1Oc1ccccc1. The first-order chi connectivity index (χ1) is 10.3. The van der Waals surface area contributed by atoms with Crippen LogP contribution in [0.2, 0.25) is 0 Å². The molecule has 0 aliphatic heterocycles. The van der Waals surface area contributed by atoms with Crippen LogP contribution in [-0.2, 0) is 0 Å². The summed E-state index contributed by atoms with van der Waals surface area (Å²) in [6.07, 6.45) is 3.28. The van der Waals surface area contributed by atoms with Crippen LogP contribution < -0.4 is 10.1 Å². The van der Waals surface area contributed by atoms with Gasteiger partial charge in [0, 0.05) is 6.20 Å². The molecule has 3 aromatic rings. The van der Waals surface area contributed by atoms with Gasteiger partial charge in [0.05, 0.1) is 9.26 Å². The number of para-hydroxylation sites is 3. The van der Waals surface area contributed by atoms with Gasteiger partial charge in [-0.1, -0.05) is 30.3 Å². The smallest absolute Gasteiger partial charge is 0.150 e. The molecule has 0 unspecified atom stereocenters. The summed E-state index contributed by atoms with van der Waals surface area (Å²) in [4.78, 5) is 8.22. The number of rotatable bonds is 4. The van der Waals surface area contributed by atoms with Crippen LogP contribution in [0.1, 0.15) is 0 Å². The third-order valence-electron chi connectivity index (χ3n) is 2.78. The number of ether oxygens (including phenoxy) is 1. The zero-order valence-corrected chi connectivity index (χ0v) is 13.2. The molecule has 0 amide bonds. The average molecular weight is 389 g/mol. The van der Waals surface area contributed by atoms with Crippen molar-refractivity contribution in [2.45, 2.75) is 0 Å². The minimum absolute atomic E-state index is 0.748. The van der Waals surface area contributed by atoms with Gasteiger partial charge in [0.15, 0.2) is 5.75 Å². The lowest BCUT2D eigenvalue weighted by molar-refractivity contribution is 0.485. The number of hydrogen-bond donors (Lipinski definition) is 1. The molecule has 0 saturated carbocycles. The molecule has 1 N–H and O–H groups in total. The van der Waals surface area contributed by atoms with E-state index in [4.69, 9.17) is 4.74 Å². The maximum absolute atomic E-state index is 5.91. The highest BCUT2D eigenvalue weighted by Gasteiger charge is 2.07. The topological polar surface area (TPSA) is 47.0 Å². The van der Waals surface area contributed by atoms with Crippen LogP contribution in [0.5, 0.6) is 11.5 Å². The first-order valence-electron chi connectivity index (χ1n) is 6.37. The van der Waals surface area contributed by atoms with E-state index in [1.807, 2.05) is 54.6 Å². The van der Waals surface area contributed by atoms with Crippen LogP contribution in [0.25, 0.3) is 0 Å². The van der Waals surface area contributed by atoms with Crippen molar-refractivity contribution in [1.82, 2.24) is 9.97 Å². The lowest BCUT2D eigenvalue weighted by Gasteiger charge is -2.13. The molecule has 0 spiro atoms. The fourth-order valence-corrected chi connectivity index (χ4v) is 2.24. The van der Waals surface area contributed by atoms with Crippen LogP contribution in [-0.4, -0.2) is 9.97 Å². The molecular formula is C16H12IN3O. The van der Waals surface area contributed by atoms with E-state index >= 15 is 0 Å². The van der Waals surface area contributed by atoms with Crippen LogP contribution >= 0.6 is 22.6 Å². The van der Waals surface area contributed by atoms with E-state index in [0.717, 1.165) is 26.6 Å². The molecule has 21 heavy (non-hydrogen) atoms. The zero-order valence-electron chi connectivity index (χ0n) is 11.0. The Labute approximate surface area is 136 Å². The molecule has 2 aromatic carbocycles. The van der Waals surface area contributed by atoms with E-state index < -0.39 is 0 Å². The lowest BCUT2D eigenvalue weighted by atomic mass is 10.3. The summed E-state index contributed by atoms with van der Waals surface area (Å²) >= 11 is 2.19. The van der Waals surface area contributed by atoms with E-state index in [1.54, 1.807) is 6.20 Å². The maximum atomic E-state index is 5.91. The number of aromatic nitrogens is 2. The zero-order chi connectivity index (χ0) is 14.5. The van der Waals surface area contributed by atoms with E-state index in [-0.39, 0.29) is 0 Å². The van der Waals surface area contributed by atoms with Crippen LogP contribution in [0, 0.1) is 3.57 Å². The van der Waals surface area contributed by atoms with Crippen LogP contribution in [0.4, 0.5) is 11.5 Å². The number of halogens is 1. The number of benzene rings is 2. The Morgan fingerprint density at radius 1 is 0.952 bits per heavy atom. The van der Waals surface area contributed by atoms with Gasteiger partial charge in [0.1, 0.15) is 17.9 Å². The maximum Gasteiger partial charge on any atom is 0.150 e. The van der Waals surface area contributed by atoms with Crippen molar-refractivity contribution in [2.24, 2.45) is 0 Å². The Kier molecular flexibility index (Phi) is 4.30. The summed E-state index contributed by atoms with van der Waals surface area (Å²) < 4.78 is 6.86. The molecule has 0 saturated heterocycles. The molecule has 0 atom stereocenters. The Morgan fingerprint density at radius 3 is 2.52 bits per heavy atom. The van der Waals surface area contributed by atoms with Gasteiger partial charge in [0.2, 0.25) is 0 Å². The molecular weight excluding hydrogens is 377 g/mol. The highest BCUT2D eigenvalue weighted by atomic mass is 127. The van der Waals surface area contributed by atoms with Crippen LogP contribution in [0.3, 0.4) is 0 Å². The number of nitrogens with one attached hydrogen (secondary N) is 1. The molecule has 0 bridgehead atoms. The van der Waals surface area contributed by atoms with Crippen molar-refractivity contribution in [3.05, 3.63) is 70.7 Å². The van der Waals surface area contributed by atoms with Crippen molar-refractivity contribution in [2.75, 3.05) is 5.32 Å². The van der Waals surface area contributed by atoms with E-state index in [0.29, 0.717) is 0 Å². The Bertz CT molecular complexity index is 734. The fourth-order valence-electron chi connectivity index (χ4n) is 1.81. The van der Waals surface area contributed by atoms with Crippen molar-refractivity contribution >= 4 is 34.1 Å². The summed E-state index contributed by atoms with van der Waals surface area (Å²) in [6.45, 7) is 0. The third kappa shape index (κ3) is 3.49. The molecule has 0 aliphatic carbocycles. The van der Waals surface area contributed by atoms with Gasteiger partial charge in [-0.25, -0.2) is 9.97 Å². The Hall–Kier alpha value is -2.15. The summed E-state index contributed by atoms with van der Waals surface area (Å²) in [7, 11) is 0. The highest BCUT2D eigenvalue weighted by Crippen LogP contribution is 2.31. The Morgan fingerprint density at radius 2 is 1.71 bits per heavy atom. The first kappa shape index (κ1) is 13.8. The average Bonchev–Trinajstić information content (AvgIpc) is 2.52. The summed E-state index contributed by atoms with van der Waals surface area (Å²) in [5.41, 5.74) is 0.859. The highest BCUT2D eigenvalue weighted by molar-refractivity contribution is 14.1.